The zero-order valence-corrected chi connectivity index (χ0v) is 12.2. The first kappa shape index (κ1) is 13.1. The second-order valence-electron chi connectivity index (χ2n) is 5.36. The SMILES string of the molecule is Cc1cc(C)n(-c2cncc(N3CCN(C)CC3)n2)n1. The van der Waals surface area contributed by atoms with Gasteiger partial charge >= 0.3 is 0 Å². The van der Waals surface area contributed by atoms with Gasteiger partial charge in [0.15, 0.2) is 5.82 Å². The predicted molar refractivity (Wildman–Crippen MR) is 78.3 cm³/mol. The van der Waals surface area contributed by atoms with Crippen LogP contribution in [0.3, 0.4) is 0 Å². The number of piperazine rings is 1. The molecule has 0 aliphatic carbocycles. The fourth-order valence-electron chi connectivity index (χ4n) is 2.50. The lowest BCUT2D eigenvalue weighted by Crippen LogP contribution is -2.44. The fraction of sp³-hybridized carbons (Fsp3) is 0.500. The minimum Gasteiger partial charge on any atom is -0.353 e. The summed E-state index contributed by atoms with van der Waals surface area (Å²) in [7, 11) is 2.15. The van der Waals surface area contributed by atoms with Gasteiger partial charge in [0.25, 0.3) is 0 Å². The van der Waals surface area contributed by atoms with Gasteiger partial charge in [-0.25, -0.2) is 9.67 Å². The number of anilines is 1. The molecule has 0 N–H and O–H groups in total. The van der Waals surface area contributed by atoms with Gasteiger partial charge in [-0.2, -0.15) is 5.10 Å². The highest BCUT2D eigenvalue weighted by atomic mass is 15.3. The average molecular weight is 272 g/mol. The van der Waals surface area contributed by atoms with E-state index in [4.69, 9.17) is 4.98 Å². The van der Waals surface area contributed by atoms with E-state index in [2.05, 4.69) is 26.9 Å². The molecule has 2 aromatic rings. The maximum atomic E-state index is 4.71. The molecule has 0 spiro atoms. The second-order valence-corrected chi connectivity index (χ2v) is 5.36. The van der Waals surface area contributed by atoms with Crippen molar-refractivity contribution in [3.05, 3.63) is 29.8 Å². The minimum atomic E-state index is 0.784. The lowest BCUT2D eigenvalue weighted by Gasteiger charge is -2.33. The number of hydrogen-bond donors (Lipinski definition) is 0. The van der Waals surface area contributed by atoms with Crippen LogP contribution in [0.15, 0.2) is 18.5 Å². The van der Waals surface area contributed by atoms with Crippen LogP contribution in [0.1, 0.15) is 11.4 Å². The molecule has 0 amide bonds. The first-order valence-corrected chi connectivity index (χ1v) is 6.92. The Kier molecular flexibility index (Phi) is 3.40. The minimum absolute atomic E-state index is 0.784. The molecule has 0 unspecified atom stereocenters. The molecule has 0 radical (unpaired) electrons. The van der Waals surface area contributed by atoms with Crippen LogP contribution in [0.2, 0.25) is 0 Å². The van der Waals surface area contributed by atoms with E-state index in [-0.39, 0.29) is 0 Å². The monoisotopic (exact) mass is 272 g/mol. The van der Waals surface area contributed by atoms with E-state index in [0.29, 0.717) is 0 Å². The van der Waals surface area contributed by atoms with Gasteiger partial charge in [0.05, 0.1) is 18.1 Å². The number of hydrogen-bond acceptors (Lipinski definition) is 5. The maximum Gasteiger partial charge on any atom is 0.174 e. The molecule has 1 saturated heterocycles. The third kappa shape index (κ3) is 2.51. The van der Waals surface area contributed by atoms with Crippen LogP contribution in [0, 0.1) is 13.8 Å². The van der Waals surface area contributed by atoms with Gasteiger partial charge in [0.2, 0.25) is 0 Å². The lowest BCUT2D eigenvalue weighted by molar-refractivity contribution is 0.312. The molecule has 1 aliphatic rings. The average Bonchev–Trinajstić information content (AvgIpc) is 2.79. The van der Waals surface area contributed by atoms with Crippen molar-refractivity contribution in [1.29, 1.82) is 0 Å². The lowest BCUT2D eigenvalue weighted by atomic mass is 10.3. The van der Waals surface area contributed by atoms with Crippen molar-refractivity contribution in [3.8, 4) is 5.82 Å². The van der Waals surface area contributed by atoms with Crippen molar-refractivity contribution in [2.75, 3.05) is 38.1 Å². The molecule has 0 bridgehead atoms. The van der Waals surface area contributed by atoms with E-state index in [1.165, 1.54) is 0 Å². The Hall–Kier alpha value is -1.95. The summed E-state index contributed by atoms with van der Waals surface area (Å²) >= 11 is 0. The summed E-state index contributed by atoms with van der Waals surface area (Å²) in [6.07, 6.45) is 3.60. The first-order chi connectivity index (χ1) is 9.63. The van der Waals surface area contributed by atoms with Crippen LogP contribution >= 0.6 is 0 Å². The summed E-state index contributed by atoms with van der Waals surface area (Å²) in [6.45, 7) is 8.13. The smallest absolute Gasteiger partial charge is 0.174 e. The van der Waals surface area contributed by atoms with Crippen molar-refractivity contribution in [2.24, 2.45) is 0 Å². The van der Waals surface area contributed by atoms with Gasteiger partial charge in [-0.15, -0.1) is 0 Å². The maximum absolute atomic E-state index is 4.71. The van der Waals surface area contributed by atoms with Crippen LogP contribution in [-0.4, -0.2) is 57.9 Å². The van der Waals surface area contributed by atoms with E-state index >= 15 is 0 Å². The highest BCUT2D eigenvalue weighted by Gasteiger charge is 2.16. The first-order valence-electron chi connectivity index (χ1n) is 6.92. The van der Waals surface area contributed by atoms with E-state index in [1.54, 1.807) is 6.20 Å². The second kappa shape index (κ2) is 5.20. The molecule has 2 aromatic heterocycles. The fourth-order valence-corrected chi connectivity index (χ4v) is 2.50. The molecule has 6 nitrogen and oxygen atoms in total. The molecular weight excluding hydrogens is 252 g/mol. The Morgan fingerprint density at radius 1 is 1.00 bits per heavy atom. The van der Waals surface area contributed by atoms with Crippen LogP contribution in [-0.2, 0) is 0 Å². The van der Waals surface area contributed by atoms with Gasteiger partial charge < -0.3 is 9.80 Å². The highest BCUT2D eigenvalue weighted by molar-refractivity contribution is 5.40. The van der Waals surface area contributed by atoms with Gasteiger partial charge in [-0.1, -0.05) is 0 Å². The molecule has 6 heteroatoms. The van der Waals surface area contributed by atoms with E-state index < -0.39 is 0 Å². The Labute approximate surface area is 119 Å². The summed E-state index contributed by atoms with van der Waals surface area (Å²) in [5.74, 6) is 1.72. The van der Waals surface area contributed by atoms with Crippen molar-refractivity contribution >= 4 is 5.82 Å². The van der Waals surface area contributed by atoms with Gasteiger partial charge in [0, 0.05) is 31.9 Å². The van der Waals surface area contributed by atoms with Crippen molar-refractivity contribution in [2.45, 2.75) is 13.8 Å². The van der Waals surface area contributed by atoms with Crippen molar-refractivity contribution in [1.82, 2.24) is 24.6 Å². The Balaban J connectivity index is 1.88. The zero-order chi connectivity index (χ0) is 14.1. The van der Waals surface area contributed by atoms with Crippen LogP contribution in [0.25, 0.3) is 5.82 Å². The molecule has 1 fully saturated rings. The summed E-state index contributed by atoms with van der Waals surface area (Å²) in [6, 6.07) is 2.05. The summed E-state index contributed by atoms with van der Waals surface area (Å²) in [5.41, 5.74) is 2.07. The van der Waals surface area contributed by atoms with Crippen LogP contribution in [0.4, 0.5) is 5.82 Å². The summed E-state index contributed by atoms with van der Waals surface area (Å²) in [4.78, 5) is 13.6. The van der Waals surface area contributed by atoms with Gasteiger partial charge in [0.1, 0.15) is 5.82 Å². The van der Waals surface area contributed by atoms with Gasteiger partial charge in [-0.05, 0) is 27.0 Å². The molecule has 0 aromatic carbocycles. The van der Waals surface area contributed by atoms with Crippen LogP contribution < -0.4 is 4.90 Å². The molecule has 20 heavy (non-hydrogen) atoms. The number of aryl methyl sites for hydroxylation is 2. The number of aromatic nitrogens is 4. The molecule has 106 valence electrons. The molecular formula is C14H20N6. The predicted octanol–water partition coefficient (Wildman–Crippen LogP) is 1.03. The Morgan fingerprint density at radius 3 is 2.35 bits per heavy atom. The quantitative estimate of drug-likeness (QED) is 0.817. The largest absolute Gasteiger partial charge is 0.353 e. The number of likely N-dealkylation sites (N-methyl/N-ethyl adjacent to an activating group) is 1. The Morgan fingerprint density at radius 2 is 1.70 bits per heavy atom. The normalized spacial score (nSPS) is 16.6. The summed E-state index contributed by atoms with van der Waals surface area (Å²) in [5, 5.41) is 4.47. The van der Waals surface area contributed by atoms with Crippen molar-refractivity contribution in [3.63, 3.8) is 0 Å². The topological polar surface area (TPSA) is 50.1 Å². The third-order valence-electron chi connectivity index (χ3n) is 3.66. The summed E-state index contributed by atoms with van der Waals surface area (Å²) < 4.78 is 1.85. The van der Waals surface area contributed by atoms with E-state index in [1.807, 2.05) is 30.8 Å². The number of rotatable bonds is 2. The Bertz CT molecular complexity index is 597. The molecule has 0 atom stereocenters. The van der Waals surface area contributed by atoms with E-state index in [9.17, 15) is 0 Å². The molecule has 0 saturated carbocycles. The zero-order valence-electron chi connectivity index (χ0n) is 12.2. The number of nitrogens with zero attached hydrogens (tertiary/aromatic N) is 6. The molecule has 3 heterocycles. The molecule has 1 aliphatic heterocycles. The molecule has 3 rings (SSSR count). The van der Waals surface area contributed by atoms with E-state index in [0.717, 1.165) is 49.2 Å². The third-order valence-corrected chi connectivity index (χ3v) is 3.66. The highest BCUT2D eigenvalue weighted by Crippen LogP contribution is 2.15. The van der Waals surface area contributed by atoms with Crippen LogP contribution in [0.5, 0.6) is 0 Å². The van der Waals surface area contributed by atoms with Crippen molar-refractivity contribution < 1.29 is 0 Å². The van der Waals surface area contributed by atoms with Gasteiger partial charge in [-0.3, -0.25) is 4.98 Å². The standard InChI is InChI=1S/C14H20N6/c1-11-8-12(2)20(17-11)14-10-15-9-13(16-14)19-6-4-18(3)5-7-19/h8-10H,4-7H2,1-3H3.